The van der Waals surface area contributed by atoms with Crippen molar-refractivity contribution in [2.24, 2.45) is 5.92 Å². The quantitative estimate of drug-likeness (QED) is 0.806. The zero-order valence-corrected chi connectivity index (χ0v) is 13.6. The Balaban J connectivity index is 1.98. The molecule has 0 aliphatic carbocycles. The summed E-state index contributed by atoms with van der Waals surface area (Å²) < 4.78 is 39.1. The smallest absolute Gasteiger partial charge is 0.349 e. The number of methoxy groups -OCH3 is 1. The van der Waals surface area contributed by atoms with Crippen molar-refractivity contribution in [1.29, 1.82) is 0 Å². The number of hydrogen-bond acceptors (Lipinski definition) is 3. The first kappa shape index (κ1) is 17.7. The first-order valence-corrected chi connectivity index (χ1v) is 7.88. The van der Waals surface area contributed by atoms with Crippen LogP contribution >= 0.6 is 0 Å². The first-order valence-electron chi connectivity index (χ1n) is 7.88. The first-order chi connectivity index (χ1) is 11.0. The van der Waals surface area contributed by atoms with Crippen molar-refractivity contribution in [1.82, 2.24) is 4.90 Å². The molecule has 1 aliphatic rings. The van der Waals surface area contributed by atoms with Gasteiger partial charge in [-0.25, -0.2) is 0 Å². The fourth-order valence-corrected chi connectivity index (χ4v) is 2.71. The number of likely N-dealkylation sites (tertiary alicyclic amines) is 1. The molecule has 1 aliphatic heterocycles. The number of ether oxygens (including phenoxy) is 2. The fraction of sp³-hybridized carbons (Fsp3) is 0.588. The molecule has 1 heterocycles. The normalized spacial score (nSPS) is 16.4. The van der Waals surface area contributed by atoms with E-state index >= 15 is 0 Å². The number of amides is 1. The van der Waals surface area contributed by atoms with Crippen LogP contribution < -0.4 is 4.74 Å². The zero-order chi connectivity index (χ0) is 16.9. The van der Waals surface area contributed by atoms with Gasteiger partial charge in [-0.2, -0.15) is 8.78 Å². The van der Waals surface area contributed by atoms with Gasteiger partial charge >= 0.3 is 5.92 Å². The molecule has 1 aromatic rings. The minimum atomic E-state index is -3.51. The molecule has 1 amide bonds. The van der Waals surface area contributed by atoms with Crippen molar-refractivity contribution < 1.29 is 23.0 Å². The molecule has 1 fully saturated rings. The minimum Gasteiger partial charge on any atom is -0.497 e. The maximum atomic E-state index is 14.4. The number of nitrogens with zero attached hydrogens (tertiary/aromatic N) is 1. The average Bonchev–Trinajstić information content (AvgIpc) is 2.59. The molecule has 0 radical (unpaired) electrons. The second-order valence-corrected chi connectivity index (χ2v) is 5.70. The maximum Gasteiger partial charge on any atom is 0.349 e. The Labute approximate surface area is 135 Å². The molecule has 6 heteroatoms. The Bertz CT molecular complexity index is 511. The molecular weight excluding hydrogens is 304 g/mol. The van der Waals surface area contributed by atoms with Gasteiger partial charge in [-0.3, -0.25) is 4.79 Å². The largest absolute Gasteiger partial charge is 0.497 e. The topological polar surface area (TPSA) is 38.8 Å². The number of halogens is 2. The number of carbonyl (C=O) groups excluding carboxylic acids is 1. The van der Waals surface area contributed by atoms with E-state index in [1.54, 1.807) is 0 Å². The van der Waals surface area contributed by atoms with Crippen molar-refractivity contribution in [3.63, 3.8) is 0 Å². The van der Waals surface area contributed by atoms with Crippen LogP contribution in [0, 0.1) is 5.92 Å². The molecule has 4 nitrogen and oxygen atoms in total. The van der Waals surface area contributed by atoms with Crippen LogP contribution in [0.4, 0.5) is 8.78 Å². The molecule has 0 bridgehead atoms. The van der Waals surface area contributed by atoms with Crippen LogP contribution in [0.5, 0.6) is 5.75 Å². The van der Waals surface area contributed by atoms with Crippen LogP contribution in [0.2, 0.25) is 0 Å². The van der Waals surface area contributed by atoms with Gasteiger partial charge in [0.05, 0.1) is 7.11 Å². The molecule has 23 heavy (non-hydrogen) atoms. The van der Waals surface area contributed by atoms with Gasteiger partial charge in [-0.05, 0) is 49.9 Å². The van der Waals surface area contributed by atoms with Crippen LogP contribution in [0.1, 0.15) is 25.3 Å². The van der Waals surface area contributed by atoms with E-state index < -0.39 is 11.8 Å². The van der Waals surface area contributed by atoms with E-state index in [1.165, 1.54) is 36.3 Å². The Morgan fingerprint density at radius 1 is 1.26 bits per heavy atom. The molecule has 0 aromatic heterocycles. The summed E-state index contributed by atoms with van der Waals surface area (Å²) in [4.78, 5) is 13.5. The molecule has 128 valence electrons. The number of piperidine rings is 1. The standard InChI is InChI=1S/C17H23F2NO3/c1-3-23-12-13-8-10-20(11-9-13)16(21)17(18,19)14-4-6-15(22-2)7-5-14/h4-7,13H,3,8-12H2,1-2H3. The van der Waals surface area contributed by atoms with Crippen LogP contribution in [0.15, 0.2) is 24.3 Å². The van der Waals surface area contributed by atoms with Crippen LogP contribution in [-0.4, -0.2) is 44.2 Å². The van der Waals surface area contributed by atoms with Gasteiger partial charge in [0.25, 0.3) is 5.91 Å². The van der Waals surface area contributed by atoms with Gasteiger partial charge in [0.2, 0.25) is 0 Å². The van der Waals surface area contributed by atoms with E-state index in [2.05, 4.69) is 0 Å². The predicted molar refractivity (Wildman–Crippen MR) is 82.7 cm³/mol. The summed E-state index contributed by atoms with van der Waals surface area (Å²) in [6, 6.07) is 5.34. The third-order valence-corrected chi connectivity index (χ3v) is 4.18. The summed E-state index contributed by atoms with van der Waals surface area (Å²) >= 11 is 0. The molecule has 0 spiro atoms. The van der Waals surface area contributed by atoms with Gasteiger partial charge < -0.3 is 14.4 Å². The second-order valence-electron chi connectivity index (χ2n) is 5.70. The van der Waals surface area contributed by atoms with Gasteiger partial charge in [0, 0.05) is 31.9 Å². The fourth-order valence-electron chi connectivity index (χ4n) is 2.71. The number of alkyl halides is 2. The summed E-state index contributed by atoms with van der Waals surface area (Å²) in [5.74, 6) is -3.82. The van der Waals surface area contributed by atoms with Crippen molar-refractivity contribution in [2.45, 2.75) is 25.7 Å². The van der Waals surface area contributed by atoms with Gasteiger partial charge in [-0.15, -0.1) is 0 Å². The summed E-state index contributed by atoms with van der Waals surface area (Å²) in [6.07, 6.45) is 1.40. The molecule has 1 aromatic carbocycles. The van der Waals surface area contributed by atoms with E-state index in [1.807, 2.05) is 6.92 Å². The summed E-state index contributed by atoms with van der Waals surface area (Å²) in [7, 11) is 1.46. The number of hydrogen-bond donors (Lipinski definition) is 0. The highest BCUT2D eigenvalue weighted by atomic mass is 19.3. The molecular formula is C17H23F2NO3. The van der Waals surface area contributed by atoms with Crippen LogP contribution in [-0.2, 0) is 15.5 Å². The zero-order valence-electron chi connectivity index (χ0n) is 13.6. The highest BCUT2D eigenvalue weighted by Crippen LogP contribution is 2.33. The molecule has 0 N–H and O–H groups in total. The third kappa shape index (κ3) is 4.19. The third-order valence-electron chi connectivity index (χ3n) is 4.18. The van der Waals surface area contributed by atoms with Gasteiger partial charge in [-0.1, -0.05) is 0 Å². The van der Waals surface area contributed by atoms with E-state index in [0.717, 1.165) is 0 Å². The van der Waals surface area contributed by atoms with E-state index in [0.29, 0.717) is 50.8 Å². The Kier molecular flexibility index (Phi) is 5.93. The highest BCUT2D eigenvalue weighted by molar-refractivity contribution is 5.85. The summed E-state index contributed by atoms with van der Waals surface area (Å²) in [5.41, 5.74) is -0.306. The number of benzene rings is 1. The highest BCUT2D eigenvalue weighted by Gasteiger charge is 2.44. The van der Waals surface area contributed by atoms with E-state index in [4.69, 9.17) is 9.47 Å². The second kappa shape index (κ2) is 7.73. The summed E-state index contributed by atoms with van der Waals surface area (Å²) in [6.45, 7) is 3.90. The lowest BCUT2D eigenvalue weighted by atomic mass is 9.96. The van der Waals surface area contributed by atoms with Crippen molar-refractivity contribution in [2.75, 3.05) is 33.4 Å². The average molecular weight is 327 g/mol. The van der Waals surface area contributed by atoms with Gasteiger partial charge in [0.1, 0.15) is 5.75 Å². The van der Waals surface area contributed by atoms with Crippen LogP contribution in [0.25, 0.3) is 0 Å². The van der Waals surface area contributed by atoms with Crippen LogP contribution in [0.3, 0.4) is 0 Å². The molecule has 0 saturated carbocycles. The molecule has 1 saturated heterocycles. The lowest BCUT2D eigenvalue weighted by Crippen LogP contribution is -2.46. The van der Waals surface area contributed by atoms with E-state index in [9.17, 15) is 13.6 Å². The SMILES string of the molecule is CCOCC1CCN(C(=O)C(F)(F)c2ccc(OC)cc2)CC1. The molecule has 0 atom stereocenters. The molecule has 0 unspecified atom stereocenters. The Morgan fingerprint density at radius 3 is 2.39 bits per heavy atom. The van der Waals surface area contributed by atoms with Gasteiger partial charge in [0.15, 0.2) is 0 Å². The minimum absolute atomic E-state index is 0.306. The number of rotatable bonds is 6. The Hall–Kier alpha value is -1.69. The number of carbonyl (C=O) groups is 1. The lowest BCUT2D eigenvalue weighted by Gasteiger charge is -2.34. The summed E-state index contributed by atoms with van der Waals surface area (Å²) in [5, 5.41) is 0. The predicted octanol–water partition coefficient (Wildman–Crippen LogP) is 3.06. The van der Waals surface area contributed by atoms with Crippen molar-refractivity contribution in [3.05, 3.63) is 29.8 Å². The maximum absolute atomic E-state index is 14.4. The Morgan fingerprint density at radius 2 is 1.87 bits per heavy atom. The van der Waals surface area contributed by atoms with Crippen molar-refractivity contribution >= 4 is 5.91 Å². The van der Waals surface area contributed by atoms with E-state index in [-0.39, 0.29) is 5.56 Å². The lowest BCUT2D eigenvalue weighted by molar-refractivity contribution is -0.160. The van der Waals surface area contributed by atoms with Crippen molar-refractivity contribution in [3.8, 4) is 5.75 Å². The monoisotopic (exact) mass is 327 g/mol. The molecule has 2 rings (SSSR count).